The second kappa shape index (κ2) is 9.44. The van der Waals surface area contributed by atoms with E-state index in [4.69, 9.17) is 9.47 Å². The van der Waals surface area contributed by atoms with Crippen molar-refractivity contribution in [1.82, 2.24) is 0 Å². The number of benzene rings is 2. The highest BCUT2D eigenvalue weighted by atomic mass is 16.5. The van der Waals surface area contributed by atoms with Gasteiger partial charge in [0, 0.05) is 5.69 Å². The molecule has 2 aromatic carbocycles. The molecule has 2 fully saturated rings. The highest BCUT2D eigenvalue weighted by Gasteiger charge is 2.49. The van der Waals surface area contributed by atoms with Gasteiger partial charge in [-0.15, -0.1) is 0 Å². The Labute approximate surface area is 191 Å². The summed E-state index contributed by atoms with van der Waals surface area (Å²) in [4.78, 5) is 51.3. The molecule has 1 N–H and O–H groups in total. The molecule has 172 valence electrons. The van der Waals surface area contributed by atoms with Crippen molar-refractivity contribution in [2.45, 2.75) is 26.2 Å². The Hall–Kier alpha value is -3.68. The molecule has 3 atom stereocenters. The largest absolute Gasteiger partial charge is 0.497 e. The smallest absolute Gasteiger partial charge is 0.338 e. The van der Waals surface area contributed by atoms with E-state index in [2.05, 4.69) is 12.2 Å². The van der Waals surface area contributed by atoms with Crippen molar-refractivity contribution in [3.8, 4) is 5.75 Å². The van der Waals surface area contributed by atoms with Crippen LogP contribution in [0, 0.1) is 17.8 Å². The van der Waals surface area contributed by atoms with E-state index in [1.165, 1.54) is 17.0 Å². The molecule has 0 aromatic heterocycles. The van der Waals surface area contributed by atoms with E-state index in [9.17, 15) is 19.2 Å². The monoisotopic (exact) mass is 450 g/mol. The molecule has 1 saturated carbocycles. The van der Waals surface area contributed by atoms with E-state index in [1.54, 1.807) is 43.5 Å². The van der Waals surface area contributed by atoms with Crippen LogP contribution in [-0.4, -0.2) is 37.4 Å². The topological polar surface area (TPSA) is 102 Å². The maximum absolute atomic E-state index is 12.8. The van der Waals surface area contributed by atoms with Crippen LogP contribution < -0.4 is 15.0 Å². The number of methoxy groups -OCH3 is 1. The van der Waals surface area contributed by atoms with Gasteiger partial charge in [0.05, 0.1) is 30.2 Å². The first kappa shape index (κ1) is 22.5. The quantitative estimate of drug-likeness (QED) is 0.535. The first-order valence-electron chi connectivity index (χ1n) is 11.0. The van der Waals surface area contributed by atoms with Gasteiger partial charge in [0.1, 0.15) is 5.75 Å². The SMILES string of the molecule is COc1ccc(NC(=O)COC(=O)c2ccc(N3C(=O)[C@H]4C[C@@H](C)CC[C@H]4C3=O)cc2)cc1. The van der Waals surface area contributed by atoms with Crippen LogP contribution in [0.5, 0.6) is 5.75 Å². The summed E-state index contributed by atoms with van der Waals surface area (Å²) in [6.07, 6.45) is 2.41. The number of carbonyl (C=O) groups excluding carboxylic acids is 4. The zero-order valence-electron chi connectivity index (χ0n) is 18.6. The van der Waals surface area contributed by atoms with Crippen LogP contribution in [0.25, 0.3) is 0 Å². The molecule has 8 heteroatoms. The van der Waals surface area contributed by atoms with Gasteiger partial charge in [0.25, 0.3) is 5.91 Å². The molecule has 2 aromatic rings. The van der Waals surface area contributed by atoms with Crippen LogP contribution in [0.1, 0.15) is 36.5 Å². The Kier molecular flexibility index (Phi) is 6.44. The number of anilines is 2. The van der Waals surface area contributed by atoms with E-state index >= 15 is 0 Å². The lowest BCUT2D eigenvalue weighted by Gasteiger charge is -2.25. The fraction of sp³-hybridized carbons (Fsp3) is 0.360. The fourth-order valence-electron chi connectivity index (χ4n) is 4.48. The molecule has 1 heterocycles. The van der Waals surface area contributed by atoms with Crippen molar-refractivity contribution < 1.29 is 28.7 Å². The third kappa shape index (κ3) is 4.74. The van der Waals surface area contributed by atoms with Crippen molar-refractivity contribution >= 4 is 35.1 Å². The maximum Gasteiger partial charge on any atom is 0.338 e. The van der Waals surface area contributed by atoms with Gasteiger partial charge in [-0.2, -0.15) is 0 Å². The number of nitrogens with zero attached hydrogens (tertiary/aromatic N) is 1. The number of esters is 1. The van der Waals surface area contributed by atoms with E-state index < -0.39 is 18.5 Å². The third-order valence-electron chi connectivity index (χ3n) is 6.26. The van der Waals surface area contributed by atoms with Crippen molar-refractivity contribution in [3.05, 3.63) is 54.1 Å². The Balaban J connectivity index is 1.34. The second-order valence-electron chi connectivity index (χ2n) is 8.54. The van der Waals surface area contributed by atoms with E-state index in [1.807, 2.05) is 0 Å². The van der Waals surface area contributed by atoms with Gasteiger partial charge >= 0.3 is 5.97 Å². The highest BCUT2D eigenvalue weighted by molar-refractivity contribution is 6.22. The molecule has 3 amide bonds. The van der Waals surface area contributed by atoms with Gasteiger partial charge in [-0.25, -0.2) is 4.79 Å². The summed E-state index contributed by atoms with van der Waals surface area (Å²) >= 11 is 0. The number of rotatable bonds is 6. The summed E-state index contributed by atoms with van der Waals surface area (Å²) in [6.45, 7) is 1.66. The molecule has 0 bridgehead atoms. The van der Waals surface area contributed by atoms with E-state index in [0.29, 0.717) is 23.0 Å². The van der Waals surface area contributed by atoms with Crippen LogP contribution in [-0.2, 0) is 19.1 Å². The van der Waals surface area contributed by atoms with Crippen LogP contribution in [0.15, 0.2) is 48.5 Å². The summed E-state index contributed by atoms with van der Waals surface area (Å²) in [5, 5.41) is 2.63. The van der Waals surface area contributed by atoms with Gasteiger partial charge in [0.15, 0.2) is 6.61 Å². The number of ether oxygens (including phenoxy) is 2. The molecule has 0 unspecified atom stereocenters. The predicted molar refractivity (Wildman–Crippen MR) is 121 cm³/mol. The lowest BCUT2D eigenvalue weighted by atomic mass is 9.76. The molecular weight excluding hydrogens is 424 g/mol. The van der Waals surface area contributed by atoms with Crippen LogP contribution >= 0.6 is 0 Å². The zero-order valence-corrected chi connectivity index (χ0v) is 18.6. The average molecular weight is 450 g/mol. The molecule has 1 saturated heterocycles. The van der Waals surface area contributed by atoms with E-state index in [0.717, 1.165) is 19.3 Å². The minimum absolute atomic E-state index is 0.164. The minimum atomic E-state index is -0.673. The van der Waals surface area contributed by atoms with Gasteiger partial charge in [-0.1, -0.05) is 6.92 Å². The molecule has 2 aliphatic rings. The lowest BCUT2D eigenvalue weighted by molar-refractivity contribution is -0.122. The normalized spacial score (nSPS) is 22.0. The van der Waals surface area contributed by atoms with Crippen LogP contribution in [0.3, 0.4) is 0 Å². The zero-order chi connectivity index (χ0) is 23.5. The summed E-state index contributed by atoms with van der Waals surface area (Å²) in [5.41, 5.74) is 1.22. The Morgan fingerprint density at radius 1 is 0.970 bits per heavy atom. The number of fused-ring (bicyclic) bond motifs is 1. The number of imide groups is 1. The van der Waals surface area contributed by atoms with E-state index in [-0.39, 0.29) is 29.2 Å². The average Bonchev–Trinajstić information content (AvgIpc) is 3.07. The molecule has 0 radical (unpaired) electrons. The maximum atomic E-state index is 12.8. The molecule has 8 nitrogen and oxygen atoms in total. The van der Waals surface area contributed by atoms with Crippen LogP contribution in [0.2, 0.25) is 0 Å². The number of carbonyl (C=O) groups is 4. The predicted octanol–water partition coefficient (Wildman–Crippen LogP) is 3.42. The molecular formula is C25H26N2O6. The molecule has 1 aliphatic carbocycles. The minimum Gasteiger partial charge on any atom is -0.497 e. The first-order valence-corrected chi connectivity index (χ1v) is 11.0. The number of nitrogens with one attached hydrogen (secondary N) is 1. The molecule has 1 aliphatic heterocycles. The van der Waals surface area contributed by atoms with Gasteiger partial charge in [-0.3, -0.25) is 19.3 Å². The molecule has 4 rings (SSSR count). The standard InChI is InChI=1S/C25H26N2O6/c1-15-3-12-20-21(13-15)24(30)27(23(20)29)18-8-4-16(5-9-18)25(31)33-14-22(28)26-17-6-10-19(32-2)11-7-17/h4-11,15,20-21H,3,12-14H2,1-2H3,(H,26,28)/t15-,20+,21-/m0/s1. The summed E-state index contributed by atoms with van der Waals surface area (Å²) in [5.74, 6) is -0.888. The van der Waals surface area contributed by atoms with Crippen molar-refractivity contribution in [3.63, 3.8) is 0 Å². The number of hydrogen-bond acceptors (Lipinski definition) is 6. The van der Waals surface area contributed by atoms with Crippen molar-refractivity contribution in [2.75, 3.05) is 23.9 Å². The highest BCUT2D eigenvalue weighted by Crippen LogP contribution is 2.42. The summed E-state index contributed by atoms with van der Waals surface area (Å²) in [6, 6.07) is 12.9. The van der Waals surface area contributed by atoms with Crippen LogP contribution in [0.4, 0.5) is 11.4 Å². The second-order valence-corrected chi connectivity index (χ2v) is 8.54. The summed E-state index contributed by atoms with van der Waals surface area (Å²) in [7, 11) is 1.55. The lowest BCUT2D eigenvalue weighted by Crippen LogP contribution is -2.30. The fourth-order valence-corrected chi connectivity index (χ4v) is 4.48. The van der Waals surface area contributed by atoms with Gasteiger partial charge in [0.2, 0.25) is 11.8 Å². The Morgan fingerprint density at radius 3 is 2.30 bits per heavy atom. The third-order valence-corrected chi connectivity index (χ3v) is 6.26. The Bertz CT molecular complexity index is 1060. The Morgan fingerprint density at radius 2 is 1.64 bits per heavy atom. The first-order chi connectivity index (χ1) is 15.9. The molecule has 33 heavy (non-hydrogen) atoms. The van der Waals surface area contributed by atoms with Crippen molar-refractivity contribution in [1.29, 1.82) is 0 Å². The number of amides is 3. The molecule has 0 spiro atoms. The summed E-state index contributed by atoms with van der Waals surface area (Å²) < 4.78 is 10.1. The van der Waals surface area contributed by atoms with Gasteiger partial charge < -0.3 is 14.8 Å². The number of hydrogen-bond donors (Lipinski definition) is 1. The van der Waals surface area contributed by atoms with Crippen molar-refractivity contribution in [2.24, 2.45) is 17.8 Å². The van der Waals surface area contributed by atoms with Gasteiger partial charge in [-0.05, 0) is 73.7 Å².